The highest BCUT2D eigenvalue weighted by Gasteiger charge is 2.50. The lowest BCUT2D eigenvalue weighted by atomic mass is 10.0. The maximum Gasteiger partial charge on any atom is 0.259 e. The standard InChI is InChI=1S/C26H22FN7OS/c1-6-21-31-22(15-12-29-30-13-15)18-10-17(11-19(27)23(18)32-21)34-25(36)33(24(35)26(34,3)4)16-7-8-20(28-5)14(2)9-16/h7-13H,6H2,1-4H3,(H,29,30). The number of carbonyl (C=O) groups is 1. The number of carbonyl (C=O) groups excluding carboxylic acids is 1. The van der Waals surface area contributed by atoms with Gasteiger partial charge in [0.1, 0.15) is 16.9 Å². The molecule has 3 heterocycles. The fourth-order valence-electron chi connectivity index (χ4n) is 4.47. The Hall–Kier alpha value is -4.23. The van der Waals surface area contributed by atoms with Gasteiger partial charge in [0, 0.05) is 34.9 Å². The number of thiocarbonyl (C=S) groups is 1. The van der Waals surface area contributed by atoms with E-state index in [0.717, 1.165) is 5.56 Å². The summed E-state index contributed by atoms with van der Waals surface area (Å²) in [6, 6.07) is 8.24. The molecule has 1 saturated heterocycles. The summed E-state index contributed by atoms with van der Waals surface area (Å²) < 4.78 is 15.6. The van der Waals surface area contributed by atoms with Crippen LogP contribution in [0.2, 0.25) is 0 Å². The largest absolute Gasteiger partial charge is 0.303 e. The van der Waals surface area contributed by atoms with E-state index in [1.54, 1.807) is 55.4 Å². The number of amides is 1. The number of nitrogens with zero attached hydrogens (tertiary/aromatic N) is 6. The van der Waals surface area contributed by atoms with Crippen molar-refractivity contribution in [2.24, 2.45) is 0 Å². The Balaban J connectivity index is 1.68. The first kappa shape index (κ1) is 23.5. The van der Waals surface area contributed by atoms with Gasteiger partial charge in [0.2, 0.25) is 0 Å². The van der Waals surface area contributed by atoms with Crippen molar-refractivity contribution in [1.29, 1.82) is 0 Å². The molecule has 0 radical (unpaired) electrons. The number of halogens is 1. The van der Waals surface area contributed by atoms with Gasteiger partial charge in [-0.1, -0.05) is 13.0 Å². The van der Waals surface area contributed by atoms with Crippen LogP contribution in [-0.2, 0) is 11.2 Å². The lowest BCUT2D eigenvalue weighted by Crippen LogP contribution is -2.44. The Morgan fingerprint density at radius 1 is 1.19 bits per heavy atom. The molecule has 1 amide bonds. The summed E-state index contributed by atoms with van der Waals surface area (Å²) in [6.45, 7) is 14.5. The molecule has 0 atom stereocenters. The van der Waals surface area contributed by atoms with Crippen LogP contribution in [-0.4, -0.2) is 36.7 Å². The van der Waals surface area contributed by atoms with E-state index in [4.69, 9.17) is 18.8 Å². The van der Waals surface area contributed by atoms with Crippen molar-refractivity contribution in [2.45, 2.75) is 39.7 Å². The van der Waals surface area contributed by atoms with Gasteiger partial charge >= 0.3 is 0 Å². The summed E-state index contributed by atoms with van der Waals surface area (Å²) >= 11 is 5.78. The summed E-state index contributed by atoms with van der Waals surface area (Å²) in [6.07, 6.45) is 3.85. The zero-order valence-electron chi connectivity index (χ0n) is 20.1. The van der Waals surface area contributed by atoms with E-state index in [-0.39, 0.29) is 16.5 Å². The Morgan fingerprint density at radius 2 is 1.97 bits per heavy atom. The molecule has 180 valence electrons. The van der Waals surface area contributed by atoms with Crippen molar-refractivity contribution < 1.29 is 9.18 Å². The Bertz CT molecular complexity index is 1590. The zero-order chi connectivity index (χ0) is 25.8. The fourth-order valence-corrected chi connectivity index (χ4v) is 4.99. The topological polar surface area (TPSA) is 82.4 Å². The monoisotopic (exact) mass is 499 g/mol. The minimum atomic E-state index is -1.09. The first-order valence-corrected chi connectivity index (χ1v) is 11.7. The van der Waals surface area contributed by atoms with Gasteiger partial charge in [-0.3, -0.25) is 14.8 Å². The number of nitrogens with one attached hydrogen (secondary N) is 1. The van der Waals surface area contributed by atoms with Crippen molar-refractivity contribution in [1.82, 2.24) is 20.2 Å². The molecule has 1 N–H and O–H groups in total. The van der Waals surface area contributed by atoms with Gasteiger partial charge in [0.05, 0.1) is 18.5 Å². The number of anilines is 2. The summed E-state index contributed by atoms with van der Waals surface area (Å²) in [5.74, 6) is -0.274. The Morgan fingerprint density at radius 3 is 2.61 bits per heavy atom. The van der Waals surface area contributed by atoms with Crippen LogP contribution in [0, 0.1) is 19.3 Å². The van der Waals surface area contributed by atoms with Crippen LogP contribution < -0.4 is 9.80 Å². The maximum absolute atomic E-state index is 15.6. The molecular formula is C26H22FN7OS. The first-order valence-electron chi connectivity index (χ1n) is 11.3. The second kappa shape index (κ2) is 8.46. The molecule has 2 aromatic heterocycles. The molecule has 8 nitrogen and oxygen atoms in total. The van der Waals surface area contributed by atoms with Crippen molar-refractivity contribution in [3.63, 3.8) is 0 Å². The summed E-state index contributed by atoms with van der Waals surface area (Å²) in [7, 11) is 0. The van der Waals surface area contributed by atoms with Crippen molar-refractivity contribution in [3.8, 4) is 11.3 Å². The molecule has 0 spiro atoms. The Kier molecular flexibility index (Phi) is 5.53. The van der Waals surface area contributed by atoms with Crippen LogP contribution in [0.1, 0.15) is 32.2 Å². The molecule has 10 heteroatoms. The third-order valence-corrected chi connectivity index (χ3v) is 6.72. The second-order valence-electron chi connectivity index (χ2n) is 9.05. The number of aryl methyl sites for hydroxylation is 2. The van der Waals surface area contributed by atoms with Crippen LogP contribution >= 0.6 is 12.2 Å². The molecule has 0 bridgehead atoms. The molecule has 36 heavy (non-hydrogen) atoms. The minimum Gasteiger partial charge on any atom is -0.303 e. The van der Waals surface area contributed by atoms with Gasteiger partial charge in [0.15, 0.2) is 16.6 Å². The van der Waals surface area contributed by atoms with Crippen LogP contribution in [0.5, 0.6) is 0 Å². The van der Waals surface area contributed by atoms with E-state index in [1.165, 1.54) is 11.0 Å². The lowest BCUT2D eigenvalue weighted by molar-refractivity contribution is -0.120. The van der Waals surface area contributed by atoms with E-state index in [1.807, 2.05) is 13.8 Å². The predicted molar refractivity (Wildman–Crippen MR) is 141 cm³/mol. The lowest BCUT2D eigenvalue weighted by Gasteiger charge is -2.29. The molecule has 5 rings (SSSR count). The normalized spacial score (nSPS) is 15.1. The molecule has 2 aromatic carbocycles. The van der Waals surface area contributed by atoms with E-state index in [0.29, 0.717) is 46.0 Å². The SMILES string of the molecule is [C-]#[N+]c1ccc(N2C(=O)C(C)(C)N(c3cc(F)c4nc(CC)nc(-c5cn[nH]c5)c4c3)C2=S)cc1C. The molecule has 0 unspecified atom stereocenters. The first-order chi connectivity index (χ1) is 17.2. The van der Waals surface area contributed by atoms with Gasteiger partial charge in [-0.25, -0.2) is 19.2 Å². The summed E-state index contributed by atoms with van der Waals surface area (Å²) in [5, 5.41) is 7.49. The number of hydrogen-bond donors (Lipinski definition) is 1. The number of rotatable bonds is 4. The molecule has 1 fully saturated rings. The van der Waals surface area contributed by atoms with E-state index < -0.39 is 11.4 Å². The van der Waals surface area contributed by atoms with E-state index >= 15 is 4.39 Å². The predicted octanol–water partition coefficient (Wildman–Crippen LogP) is 5.50. The number of aromatic amines is 1. The van der Waals surface area contributed by atoms with Crippen molar-refractivity contribution >= 4 is 51.2 Å². The third kappa shape index (κ3) is 3.51. The molecule has 4 aromatic rings. The van der Waals surface area contributed by atoms with Crippen LogP contribution in [0.3, 0.4) is 0 Å². The van der Waals surface area contributed by atoms with Gasteiger partial charge in [-0.05, 0) is 62.8 Å². The van der Waals surface area contributed by atoms with Crippen molar-refractivity contribution in [3.05, 3.63) is 71.3 Å². The average Bonchev–Trinajstić information content (AvgIpc) is 3.44. The zero-order valence-corrected chi connectivity index (χ0v) is 20.9. The molecular weight excluding hydrogens is 477 g/mol. The number of aromatic nitrogens is 4. The van der Waals surface area contributed by atoms with E-state index in [2.05, 4.69) is 25.0 Å². The van der Waals surface area contributed by atoms with E-state index in [9.17, 15) is 4.79 Å². The second-order valence-corrected chi connectivity index (χ2v) is 9.42. The highest BCUT2D eigenvalue weighted by Crippen LogP contribution is 2.40. The number of fused-ring (bicyclic) bond motifs is 1. The molecule has 1 aliphatic rings. The van der Waals surface area contributed by atoms with Crippen molar-refractivity contribution in [2.75, 3.05) is 9.80 Å². The van der Waals surface area contributed by atoms with Gasteiger partial charge in [-0.2, -0.15) is 5.10 Å². The smallest absolute Gasteiger partial charge is 0.259 e. The number of benzene rings is 2. The number of H-pyrrole nitrogens is 1. The average molecular weight is 500 g/mol. The number of hydrogen-bond acceptors (Lipinski definition) is 5. The molecule has 0 saturated carbocycles. The van der Waals surface area contributed by atoms with Crippen LogP contribution in [0.4, 0.5) is 21.5 Å². The highest BCUT2D eigenvalue weighted by molar-refractivity contribution is 7.81. The third-order valence-electron chi connectivity index (χ3n) is 6.36. The van der Waals surface area contributed by atoms with Gasteiger partial charge < -0.3 is 4.90 Å². The van der Waals surface area contributed by atoms with Gasteiger partial charge in [-0.15, -0.1) is 0 Å². The Labute approximate surface area is 212 Å². The highest BCUT2D eigenvalue weighted by atomic mass is 32.1. The quantitative estimate of drug-likeness (QED) is 0.295. The molecule has 0 aliphatic carbocycles. The fraction of sp³-hybridized carbons (Fsp3) is 0.231. The van der Waals surface area contributed by atoms with Crippen LogP contribution in [0.15, 0.2) is 42.7 Å². The molecule has 1 aliphatic heterocycles. The summed E-state index contributed by atoms with van der Waals surface area (Å²) in [4.78, 5) is 29.2. The summed E-state index contributed by atoms with van der Waals surface area (Å²) in [5.41, 5.74) is 2.55. The maximum atomic E-state index is 15.6. The van der Waals surface area contributed by atoms with Crippen LogP contribution in [0.25, 0.3) is 27.0 Å². The minimum absolute atomic E-state index is 0.193. The van der Waals surface area contributed by atoms with Gasteiger partial charge in [0.25, 0.3) is 5.91 Å².